The summed E-state index contributed by atoms with van der Waals surface area (Å²) in [4.78, 5) is 18.4. The van der Waals surface area contributed by atoms with Crippen LogP contribution >= 0.6 is 0 Å². The molecule has 0 spiro atoms. The molecule has 5 nitrogen and oxygen atoms in total. The lowest BCUT2D eigenvalue weighted by atomic mass is 10.2. The van der Waals surface area contributed by atoms with E-state index in [-0.39, 0.29) is 5.91 Å². The predicted octanol–water partition coefficient (Wildman–Crippen LogP) is 1.14. The molecule has 0 fully saturated rings. The molecule has 2 N–H and O–H groups in total. The smallest absolute Gasteiger partial charge is 0.263 e. The number of hydrogen-bond donors (Lipinski definition) is 1. The van der Waals surface area contributed by atoms with Crippen LogP contribution < -0.4 is 10.6 Å². The summed E-state index contributed by atoms with van der Waals surface area (Å²) < 4.78 is 1.50. The highest BCUT2D eigenvalue weighted by molar-refractivity contribution is 5.96. The van der Waals surface area contributed by atoms with Crippen molar-refractivity contribution < 1.29 is 4.79 Å². The van der Waals surface area contributed by atoms with E-state index in [1.165, 1.54) is 10.9 Å². The second kappa shape index (κ2) is 5.67. The van der Waals surface area contributed by atoms with Crippen molar-refractivity contribution in [1.29, 1.82) is 0 Å². The third-order valence-corrected chi connectivity index (χ3v) is 2.90. The first kappa shape index (κ1) is 13.3. The normalized spacial score (nSPS) is 10.5. The summed E-state index contributed by atoms with van der Waals surface area (Å²) in [6.07, 6.45) is 3.95. The molecule has 0 saturated heterocycles. The van der Waals surface area contributed by atoms with E-state index >= 15 is 0 Å². The van der Waals surface area contributed by atoms with Crippen molar-refractivity contribution >= 4 is 11.6 Å². The third kappa shape index (κ3) is 3.00. The van der Waals surface area contributed by atoms with E-state index in [4.69, 9.17) is 5.73 Å². The number of benzene rings is 1. The molecule has 0 aliphatic carbocycles. The van der Waals surface area contributed by atoms with Crippen molar-refractivity contribution in [2.75, 3.05) is 25.5 Å². The van der Waals surface area contributed by atoms with Gasteiger partial charge in [-0.15, -0.1) is 0 Å². The summed E-state index contributed by atoms with van der Waals surface area (Å²) in [6.45, 7) is 0.530. The maximum Gasteiger partial charge on any atom is 0.263 e. The molecular weight excluding hydrogens is 240 g/mol. The number of rotatable bonds is 4. The second-order valence-electron chi connectivity index (χ2n) is 4.56. The number of carbonyl (C=O) groups is 1. The molecular formula is C14H18N4O. The zero-order chi connectivity index (χ0) is 13.8. The molecule has 0 radical (unpaired) electrons. The summed E-state index contributed by atoms with van der Waals surface area (Å²) >= 11 is 0. The number of nitrogens with zero attached hydrogens (tertiary/aromatic N) is 3. The first-order valence-corrected chi connectivity index (χ1v) is 6.17. The molecule has 0 aliphatic heterocycles. The molecule has 0 unspecified atom stereocenters. The van der Waals surface area contributed by atoms with Gasteiger partial charge in [-0.25, -0.2) is 4.98 Å². The minimum absolute atomic E-state index is 0.0823. The molecule has 5 heteroatoms. The number of imidazole rings is 1. The number of anilines is 1. The van der Waals surface area contributed by atoms with Crippen LogP contribution in [0.3, 0.4) is 0 Å². The topological polar surface area (TPSA) is 64.2 Å². The number of carbonyl (C=O) groups excluding carboxylic acids is 1. The van der Waals surface area contributed by atoms with Crippen LogP contribution in [0.15, 0.2) is 36.8 Å². The van der Waals surface area contributed by atoms with Crippen LogP contribution in [0.2, 0.25) is 0 Å². The lowest BCUT2D eigenvalue weighted by Gasteiger charge is -2.12. The molecule has 0 aliphatic rings. The molecule has 0 atom stereocenters. The first-order valence-electron chi connectivity index (χ1n) is 6.17. The molecule has 0 amide bonds. The molecule has 1 aromatic heterocycles. The number of hydrogen-bond acceptors (Lipinski definition) is 4. The quantitative estimate of drug-likeness (QED) is 0.893. The maximum atomic E-state index is 12.2. The summed E-state index contributed by atoms with van der Waals surface area (Å²) in [5.74, 6) is -0.0823. The predicted molar refractivity (Wildman–Crippen MR) is 75.5 cm³/mol. The van der Waals surface area contributed by atoms with E-state index in [9.17, 15) is 4.79 Å². The van der Waals surface area contributed by atoms with Crippen LogP contribution in [0.1, 0.15) is 16.1 Å². The molecule has 0 saturated carbocycles. The van der Waals surface area contributed by atoms with Crippen LogP contribution in [0.5, 0.6) is 0 Å². The van der Waals surface area contributed by atoms with Gasteiger partial charge in [0.15, 0.2) is 0 Å². The van der Waals surface area contributed by atoms with Crippen molar-refractivity contribution in [3.8, 4) is 0 Å². The van der Waals surface area contributed by atoms with Gasteiger partial charge in [-0.1, -0.05) is 0 Å². The van der Waals surface area contributed by atoms with E-state index in [0.29, 0.717) is 18.5 Å². The van der Waals surface area contributed by atoms with Crippen molar-refractivity contribution in [2.24, 2.45) is 5.73 Å². The van der Waals surface area contributed by atoms with Gasteiger partial charge >= 0.3 is 0 Å². The Morgan fingerprint density at radius 1 is 1.32 bits per heavy atom. The number of nitrogens with two attached hydrogens (primary N) is 1. The van der Waals surface area contributed by atoms with Gasteiger partial charge in [0.1, 0.15) is 6.33 Å². The molecule has 19 heavy (non-hydrogen) atoms. The van der Waals surface area contributed by atoms with Crippen LogP contribution in [-0.2, 0) is 6.42 Å². The fraction of sp³-hybridized carbons (Fsp3) is 0.286. The Labute approximate surface area is 112 Å². The zero-order valence-corrected chi connectivity index (χ0v) is 11.2. The van der Waals surface area contributed by atoms with E-state index in [1.54, 1.807) is 6.20 Å². The standard InChI is InChI=1S/C14H18N4O/c1-17(2)13-5-3-11(4-6-13)14(19)18-9-12(7-8-15)16-10-18/h3-6,9-10H,7-8,15H2,1-2H3. The Balaban J connectivity index is 2.18. The SMILES string of the molecule is CN(C)c1ccc(C(=O)n2cnc(CCN)c2)cc1. The minimum Gasteiger partial charge on any atom is -0.378 e. The molecule has 100 valence electrons. The minimum atomic E-state index is -0.0823. The summed E-state index contributed by atoms with van der Waals surface area (Å²) in [5.41, 5.74) is 8.00. The largest absolute Gasteiger partial charge is 0.378 e. The van der Waals surface area contributed by atoms with Gasteiger partial charge in [0.05, 0.1) is 5.69 Å². The summed E-state index contributed by atoms with van der Waals surface area (Å²) in [7, 11) is 3.93. The highest BCUT2D eigenvalue weighted by Crippen LogP contribution is 2.13. The highest BCUT2D eigenvalue weighted by atomic mass is 16.2. The second-order valence-corrected chi connectivity index (χ2v) is 4.56. The third-order valence-electron chi connectivity index (χ3n) is 2.90. The van der Waals surface area contributed by atoms with E-state index in [1.807, 2.05) is 43.3 Å². The molecule has 1 heterocycles. The van der Waals surface area contributed by atoms with Crippen molar-refractivity contribution in [3.63, 3.8) is 0 Å². The van der Waals surface area contributed by atoms with Gasteiger partial charge in [0, 0.05) is 38.0 Å². The van der Waals surface area contributed by atoms with Gasteiger partial charge in [0.2, 0.25) is 0 Å². The highest BCUT2D eigenvalue weighted by Gasteiger charge is 2.09. The lowest BCUT2D eigenvalue weighted by Crippen LogP contribution is -2.12. The van der Waals surface area contributed by atoms with Crippen molar-refractivity contribution in [2.45, 2.75) is 6.42 Å². The molecule has 2 aromatic rings. The molecule has 0 bridgehead atoms. The average molecular weight is 258 g/mol. The van der Waals surface area contributed by atoms with Gasteiger partial charge < -0.3 is 10.6 Å². The Morgan fingerprint density at radius 2 is 2.00 bits per heavy atom. The Hall–Kier alpha value is -2.14. The van der Waals surface area contributed by atoms with Crippen LogP contribution in [0.4, 0.5) is 5.69 Å². The van der Waals surface area contributed by atoms with Gasteiger partial charge in [-0.05, 0) is 30.8 Å². The van der Waals surface area contributed by atoms with Gasteiger partial charge in [-0.3, -0.25) is 9.36 Å². The average Bonchev–Trinajstić information content (AvgIpc) is 2.87. The zero-order valence-electron chi connectivity index (χ0n) is 11.2. The molecule has 1 aromatic carbocycles. The lowest BCUT2D eigenvalue weighted by molar-refractivity contribution is 0.0959. The Morgan fingerprint density at radius 3 is 2.58 bits per heavy atom. The summed E-state index contributed by atoms with van der Waals surface area (Å²) in [6, 6.07) is 7.48. The fourth-order valence-electron chi connectivity index (χ4n) is 1.80. The monoisotopic (exact) mass is 258 g/mol. The van der Waals surface area contributed by atoms with Gasteiger partial charge in [0.25, 0.3) is 5.91 Å². The van der Waals surface area contributed by atoms with Crippen LogP contribution in [0.25, 0.3) is 0 Å². The first-order chi connectivity index (χ1) is 9.11. The van der Waals surface area contributed by atoms with Crippen LogP contribution in [0, 0.1) is 0 Å². The van der Waals surface area contributed by atoms with E-state index in [2.05, 4.69) is 4.98 Å². The Kier molecular flexibility index (Phi) is 3.97. The number of aromatic nitrogens is 2. The maximum absolute atomic E-state index is 12.2. The molecule has 2 rings (SSSR count). The van der Waals surface area contributed by atoms with Crippen LogP contribution in [-0.4, -0.2) is 36.1 Å². The Bertz CT molecular complexity index is 557. The van der Waals surface area contributed by atoms with E-state index < -0.39 is 0 Å². The van der Waals surface area contributed by atoms with Gasteiger partial charge in [-0.2, -0.15) is 0 Å². The van der Waals surface area contributed by atoms with Crippen molar-refractivity contribution in [3.05, 3.63) is 48.0 Å². The fourth-order valence-corrected chi connectivity index (χ4v) is 1.80. The summed E-state index contributed by atoms with van der Waals surface area (Å²) in [5, 5.41) is 0. The van der Waals surface area contributed by atoms with Crippen molar-refractivity contribution in [1.82, 2.24) is 9.55 Å². The van der Waals surface area contributed by atoms with E-state index in [0.717, 1.165) is 11.4 Å².